The number of rotatable bonds is 12. The number of halogens is 1. The predicted octanol–water partition coefficient (Wildman–Crippen LogP) is 6.58. The SMILES string of the molecule is CCOc1ccc(/C=C(\NC(=O)c2ccccc2)C(=O)Nc2ccc(SCC(=O)Nc3ccc(Cl)c(C(=O)O)c3)cc2)cc1. The molecule has 224 valence electrons. The van der Waals surface area contributed by atoms with E-state index in [1.54, 1.807) is 84.9 Å². The third-order valence-electron chi connectivity index (χ3n) is 5.99. The molecule has 0 fully saturated rings. The van der Waals surface area contributed by atoms with E-state index in [1.807, 2.05) is 6.92 Å². The minimum Gasteiger partial charge on any atom is -0.494 e. The Morgan fingerprint density at radius 2 is 1.55 bits per heavy atom. The van der Waals surface area contributed by atoms with Crippen molar-refractivity contribution in [1.82, 2.24) is 5.32 Å². The number of thioether (sulfide) groups is 1. The number of aromatic carboxylic acids is 1. The smallest absolute Gasteiger partial charge is 0.337 e. The number of carbonyl (C=O) groups excluding carboxylic acids is 3. The van der Waals surface area contributed by atoms with Gasteiger partial charge < -0.3 is 25.8 Å². The van der Waals surface area contributed by atoms with E-state index < -0.39 is 17.8 Å². The van der Waals surface area contributed by atoms with Crippen LogP contribution in [0.1, 0.15) is 33.2 Å². The lowest BCUT2D eigenvalue weighted by Gasteiger charge is -2.12. The van der Waals surface area contributed by atoms with Gasteiger partial charge in [0.1, 0.15) is 11.4 Å². The van der Waals surface area contributed by atoms with Crippen molar-refractivity contribution in [2.75, 3.05) is 23.0 Å². The molecule has 0 atom stereocenters. The molecule has 4 rings (SSSR count). The van der Waals surface area contributed by atoms with Crippen LogP contribution >= 0.6 is 23.4 Å². The van der Waals surface area contributed by atoms with Crippen LogP contribution in [0.25, 0.3) is 6.08 Å². The molecule has 0 saturated heterocycles. The Hall–Kier alpha value is -5.06. The summed E-state index contributed by atoms with van der Waals surface area (Å²) in [4.78, 5) is 50.6. The zero-order valence-electron chi connectivity index (χ0n) is 23.5. The van der Waals surface area contributed by atoms with Crippen LogP contribution in [0.4, 0.5) is 11.4 Å². The average Bonchev–Trinajstić information content (AvgIpc) is 3.02. The van der Waals surface area contributed by atoms with Gasteiger partial charge in [-0.15, -0.1) is 11.8 Å². The molecule has 0 aliphatic rings. The van der Waals surface area contributed by atoms with Crippen LogP contribution in [-0.4, -0.2) is 41.2 Å². The van der Waals surface area contributed by atoms with Crippen molar-refractivity contribution in [3.05, 3.63) is 124 Å². The maximum absolute atomic E-state index is 13.3. The van der Waals surface area contributed by atoms with Gasteiger partial charge in [0.25, 0.3) is 11.8 Å². The molecule has 0 aliphatic carbocycles. The molecule has 3 amide bonds. The van der Waals surface area contributed by atoms with Gasteiger partial charge in [0, 0.05) is 21.8 Å². The first-order chi connectivity index (χ1) is 21.2. The fraction of sp³-hybridized carbons (Fsp3) is 0.0909. The highest BCUT2D eigenvalue weighted by molar-refractivity contribution is 8.00. The number of nitrogens with one attached hydrogen (secondary N) is 3. The molecular weight excluding hydrogens is 602 g/mol. The molecule has 0 bridgehead atoms. The molecule has 4 aromatic rings. The van der Waals surface area contributed by atoms with Crippen molar-refractivity contribution in [2.24, 2.45) is 0 Å². The summed E-state index contributed by atoms with van der Waals surface area (Å²) in [7, 11) is 0. The highest BCUT2D eigenvalue weighted by atomic mass is 35.5. The van der Waals surface area contributed by atoms with Gasteiger partial charge in [-0.25, -0.2) is 4.79 Å². The summed E-state index contributed by atoms with van der Waals surface area (Å²) in [6.45, 7) is 2.42. The van der Waals surface area contributed by atoms with Crippen molar-refractivity contribution in [3.63, 3.8) is 0 Å². The number of ether oxygens (including phenoxy) is 1. The Labute approximate surface area is 263 Å². The van der Waals surface area contributed by atoms with Crippen molar-refractivity contribution >= 4 is 64.5 Å². The van der Waals surface area contributed by atoms with Crippen LogP contribution in [0.2, 0.25) is 5.02 Å². The van der Waals surface area contributed by atoms with Gasteiger partial charge >= 0.3 is 5.97 Å². The van der Waals surface area contributed by atoms with E-state index in [1.165, 1.54) is 30.0 Å². The standard InChI is InChI=1S/C33H28ClN3O6S/c1-2-43-25-13-8-21(9-14-25)18-29(37-31(39)22-6-4-3-5-7-22)32(40)36-23-10-15-26(16-11-23)44-20-30(38)35-24-12-17-28(34)27(19-24)33(41)42/h3-19H,2,20H2,1H3,(H,35,38)(H,36,40)(H,37,39)(H,41,42)/b29-18-. The maximum Gasteiger partial charge on any atom is 0.337 e. The van der Waals surface area contributed by atoms with Gasteiger partial charge in [0.15, 0.2) is 0 Å². The van der Waals surface area contributed by atoms with Crippen LogP contribution < -0.4 is 20.7 Å². The van der Waals surface area contributed by atoms with E-state index in [4.69, 9.17) is 16.3 Å². The van der Waals surface area contributed by atoms with E-state index in [2.05, 4.69) is 16.0 Å². The van der Waals surface area contributed by atoms with Crippen LogP contribution in [0.3, 0.4) is 0 Å². The number of carboxylic acids is 1. The number of benzene rings is 4. The second-order valence-electron chi connectivity index (χ2n) is 9.20. The van der Waals surface area contributed by atoms with Crippen LogP contribution in [0.15, 0.2) is 108 Å². The van der Waals surface area contributed by atoms with Crippen LogP contribution in [0, 0.1) is 0 Å². The molecule has 11 heteroatoms. The minimum absolute atomic E-state index is 0.0476. The molecule has 0 heterocycles. The van der Waals surface area contributed by atoms with Gasteiger partial charge in [-0.1, -0.05) is 41.9 Å². The summed E-state index contributed by atoms with van der Waals surface area (Å²) in [5.74, 6) is -1.71. The number of carboxylic acid groups (broad SMARTS) is 1. The third kappa shape index (κ3) is 9.22. The van der Waals surface area contributed by atoms with Gasteiger partial charge in [-0.3, -0.25) is 14.4 Å². The molecule has 9 nitrogen and oxygen atoms in total. The molecular formula is C33H28ClN3O6S. The molecule has 0 spiro atoms. The first-order valence-corrected chi connectivity index (χ1v) is 14.8. The monoisotopic (exact) mass is 629 g/mol. The second-order valence-corrected chi connectivity index (χ2v) is 10.7. The zero-order valence-corrected chi connectivity index (χ0v) is 25.1. The zero-order chi connectivity index (χ0) is 31.5. The van der Waals surface area contributed by atoms with Crippen LogP contribution in [0.5, 0.6) is 5.75 Å². The number of amides is 3. The molecule has 44 heavy (non-hydrogen) atoms. The first kappa shape index (κ1) is 31.9. The summed E-state index contributed by atoms with van der Waals surface area (Å²) in [5, 5.41) is 17.5. The average molecular weight is 630 g/mol. The van der Waals surface area contributed by atoms with Gasteiger partial charge in [-0.05, 0) is 85.3 Å². The van der Waals surface area contributed by atoms with Crippen molar-refractivity contribution in [2.45, 2.75) is 11.8 Å². The normalized spacial score (nSPS) is 10.9. The Balaban J connectivity index is 1.40. The Kier molecular flexibility index (Phi) is 11.2. The summed E-state index contributed by atoms with van der Waals surface area (Å²) in [6.07, 6.45) is 1.58. The van der Waals surface area contributed by atoms with E-state index in [0.29, 0.717) is 34.9 Å². The molecule has 4 aromatic carbocycles. The third-order valence-corrected chi connectivity index (χ3v) is 7.34. The number of hydrogen-bond acceptors (Lipinski definition) is 6. The molecule has 0 radical (unpaired) electrons. The Morgan fingerprint density at radius 1 is 0.864 bits per heavy atom. The fourth-order valence-electron chi connectivity index (χ4n) is 3.88. The van der Waals surface area contributed by atoms with Gasteiger partial charge in [0.2, 0.25) is 5.91 Å². The maximum atomic E-state index is 13.3. The lowest BCUT2D eigenvalue weighted by atomic mass is 10.1. The minimum atomic E-state index is -1.19. The second kappa shape index (κ2) is 15.4. The largest absolute Gasteiger partial charge is 0.494 e. The van der Waals surface area contributed by atoms with E-state index in [9.17, 15) is 24.3 Å². The summed E-state index contributed by atoms with van der Waals surface area (Å²) in [5.41, 5.74) is 1.84. The quantitative estimate of drug-likeness (QED) is 0.103. The van der Waals surface area contributed by atoms with Crippen molar-refractivity contribution < 1.29 is 29.0 Å². The van der Waals surface area contributed by atoms with E-state index in [0.717, 1.165) is 4.90 Å². The number of hydrogen-bond donors (Lipinski definition) is 4. The van der Waals surface area contributed by atoms with Gasteiger partial charge in [0.05, 0.1) is 22.9 Å². The lowest BCUT2D eigenvalue weighted by molar-refractivity contribution is -0.114. The highest BCUT2D eigenvalue weighted by Crippen LogP contribution is 2.23. The first-order valence-electron chi connectivity index (χ1n) is 13.4. The van der Waals surface area contributed by atoms with Crippen molar-refractivity contribution in [3.8, 4) is 5.75 Å². The summed E-state index contributed by atoms with van der Waals surface area (Å²) in [6, 6.07) is 26.8. The molecule has 0 aliphatic heterocycles. The molecule has 4 N–H and O–H groups in total. The molecule has 0 aromatic heterocycles. The topological polar surface area (TPSA) is 134 Å². The highest BCUT2D eigenvalue weighted by Gasteiger charge is 2.16. The summed E-state index contributed by atoms with van der Waals surface area (Å²) < 4.78 is 5.48. The number of carbonyl (C=O) groups is 4. The summed E-state index contributed by atoms with van der Waals surface area (Å²) >= 11 is 7.14. The Bertz CT molecular complexity index is 1680. The fourth-order valence-corrected chi connectivity index (χ4v) is 4.78. The molecule has 0 unspecified atom stereocenters. The predicted molar refractivity (Wildman–Crippen MR) is 172 cm³/mol. The molecule has 0 saturated carbocycles. The lowest BCUT2D eigenvalue weighted by Crippen LogP contribution is -2.30. The Morgan fingerprint density at radius 3 is 2.20 bits per heavy atom. The van der Waals surface area contributed by atoms with Gasteiger partial charge in [-0.2, -0.15) is 0 Å². The van der Waals surface area contributed by atoms with Crippen LogP contribution in [-0.2, 0) is 9.59 Å². The van der Waals surface area contributed by atoms with E-state index >= 15 is 0 Å². The van der Waals surface area contributed by atoms with E-state index in [-0.39, 0.29) is 27.9 Å². The number of anilines is 2. The van der Waals surface area contributed by atoms with Crippen molar-refractivity contribution in [1.29, 1.82) is 0 Å².